The van der Waals surface area contributed by atoms with Crippen LogP contribution < -0.4 is 15.0 Å². The highest BCUT2D eigenvalue weighted by molar-refractivity contribution is 7.22. The molecule has 6 heteroatoms. The van der Waals surface area contributed by atoms with Crippen molar-refractivity contribution in [2.75, 3.05) is 30.4 Å². The molecule has 1 aliphatic rings. The first-order valence-corrected chi connectivity index (χ1v) is 8.31. The molecule has 3 aromatic rings. The number of methoxy groups -OCH3 is 1. The molecule has 0 aliphatic carbocycles. The number of hydrogen-bond acceptors (Lipinski definition) is 5. The van der Waals surface area contributed by atoms with Crippen molar-refractivity contribution < 1.29 is 9.13 Å². The first-order valence-electron chi connectivity index (χ1n) is 7.49. The molecule has 118 valence electrons. The Balaban J connectivity index is 1.65. The summed E-state index contributed by atoms with van der Waals surface area (Å²) in [6.45, 7) is 2.22. The van der Waals surface area contributed by atoms with Crippen molar-refractivity contribution in [3.05, 3.63) is 42.2 Å². The minimum absolute atomic E-state index is 0.311. The molecule has 0 saturated carbocycles. The van der Waals surface area contributed by atoms with Crippen LogP contribution in [0, 0.1) is 5.82 Å². The number of nitrogens with zero attached hydrogens (tertiary/aromatic N) is 2. The first-order chi connectivity index (χ1) is 11.2. The standard InChI is InChI=1S/C17H16FN3OS/c1-22-15-5-3-11(18)9-13(15)19-17-20-14-10-12(21-7-2-8-21)4-6-16(14)23-17/h3-6,9-10H,2,7-8H2,1H3,(H,19,20). The van der Waals surface area contributed by atoms with Crippen LogP contribution in [0.2, 0.25) is 0 Å². The Labute approximate surface area is 137 Å². The molecular formula is C17H16FN3OS. The van der Waals surface area contributed by atoms with Crippen molar-refractivity contribution in [1.29, 1.82) is 0 Å². The third-order valence-electron chi connectivity index (χ3n) is 4.00. The molecule has 0 unspecified atom stereocenters. The summed E-state index contributed by atoms with van der Waals surface area (Å²) in [7, 11) is 1.57. The maximum Gasteiger partial charge on any atom is 0.188 e. The number of aromatic nitrogens is 1. The van der Waals surface area contributed by atoms with Crippen molar-refractivity contribution in [2.45, 2.75) is 6.42 Å². The van der Waals surface area contributed by atoms with E-state index in [1.807, 2.05) is 0 Å². The number of anilines is 3. The summed E-state index contributed by atoms with van der Waals surface area (Å²) in [6.07, 6.45) is 1.25. The van der Waals surface area contributed by atoms with Crippen LogP contribution in [0.4, 0.5) is 20.9 Å². The van der Waals surface area contributed by atoms with Crippen LogP contribution in [0.15, 0.2) is 36.4 Å². The molecule has 0 atom stereocenters. The normalized spacial score (nSPS) is 13.9. The van der Waals surface area contributed by atoms with Crippen molar-refractivity contribution in [3.63, 3.8) is 0 Å². The maximum absolute atomic E-state index is 13.5. The van der Waals surface area contributed by atoms with Crippen LogP contribution in [0.3, 0.4) is 0 Å². The van der Waals surface area contributed by atoms with Gasteiger partial charge in [-0.1, -0.05) is 11.3 Å². The highest BCUT2D eigenvalue weighted by atomic mass is 32.1. The molecule has 0 bridgehead atoms. The summed E-state index contributed by atoms with van der Waals surface area (Å²) in [6, 6.07) is 10.7. The van der Waals surface area contributed by atoms with Gasteiger partial charge in [0.25, 0.3) is 0 Å². The second-order valence-corrected chi connectivity index (χ2v) is 6.51. The molecule has 1 aromatic heterocycles. The number of thiazole rings is 1. The van der Waals surface area contributed by atoms with E-state index in [0.29, 0.717) is 11.4 Å². The predicted octanol–water partition coefficient (Wildman–Crippen LogP) is 4.40. The highest BCUT2D eigenvalue weighted by Crippen LogP contribution is 2.34. The molecule has 0 radical (unpaired) electrons. The molecule has 0 spiro atoms. The van der Waals surface area contributed by atoms with E-state index in [1.54, 1.807) is 24.5 Å². The Morgan fingerprint density at radius 3 is 2.83 bits per heavy atom. The predicted molar refractivity (Wildman–Crippen MR) is 92.7 cm³/mol. The van der Waals surface area contributed by atoms with Gasteiger partial charge in [-0.2, -0.15) is 0 Å². The average molecular weight is 329 g/mol. The van der Waals surface area contributed by atoms with Crippen LogP contribution in [0.1, 0.15) is 6.42 Å². The molecule has 1 fully saturated rings. The molecule has 2 aromatic carbocycles. The Kier molecular flexibility index (Phi) is 3.53. The zero-order valence-electron chi connectivity index (χ0n) is 12.7. The van der Waals surface area contributed by atoms with Gasteiger partial charge in [0.15, 0.2) is 5.13 Å². The third kappa shape index (κ3) is 2.70. The second kappa shape index (κ2) is 5.70. The van der Waals surface area contributed by atoms with Crippen molar-refractivity contribution in [3.8, 4) is 5.75 Å². The smallest absolute Gasteiger partial charge is 0.188 e. The summed E-state index contributed by atoms with van der Waals surface area (Å²) < 4.78 is 19.8. The van der Waals surface area contributed by atoms with E-state index >= 15 is 0 Å². The van der Waals surface area contributed by atoms with E-state index in [-0.39, 0.29) is 5.82 Å². The van der Waals surface area contributed by atoms with Crippen molar-refractivity contribution in [1.82, 2.24) is 4.98 Å². The Morgan fingerprint density at radius 1 is 1.22 bits per heavy atom. The molecule has 4 nitrogen and oxygen atoms in total. The third-order valence-corrected chi connectivity index (χ3v) is 4.95. The van der Waals surface area contributed by atoms with Gasteiger partial charge in [0.1, 0.15) is 11.6 Å². The van der Waals surface area contributed by atoms with Gasteiger partial charge in [0.2, 0.25) is 0 Å². The molecular weight excluding hydrogens is 313 g/mol. The number of ether oxygens (including phenoxy) is 1. The van der Waals surface area contributed by atoms with Gasteiger partial charge in [-0.15, -0.1) is 0 Å². The van der Waals surface area contributed by atoms with E-state index in [9.17, 15) is 4.39 Å². The second-order valence-electron chi connectivity index (χ2n) is 5.48. The Hall–Kier alpha value is -2.34. The van der Waals surface area contributed by atoms with Gasteiger partial charge in [-0.3, -0.25) is 0 Å². The quantitative estimate of drug-likeness (QED) is 0.770. The molecule has 1 aliphatic heterocycles. The molecule has 1 saturated heterocycles. The highest BCUT2D eigenvalue weighted by Gasteiger charge is 2.16. The number of hydrogen-bond donors (Lipinski definition) is 1. The maximum atomic E-state index is 13.5. The number of rotatable bonds is 4. The largest absolute Gasteiger partial charge is 0.495 e. The fourth-order valence-corrected chi connectivity index (χ4v) is 3.49. The van der Waals surface area contributed by atoms with Crippen LogP contribution in [0.5, 0.6) is 5.75 Å². The molecule has 23 heavy (non-hydrogen) atoms. The summed E-state index contributed by atoms with van der Waals surface area (Å²) in [5.74, 6) is 0.279. The number of nitrogens with one attached hydrogen (secondary N) is 1. The summed E-state index contributed by atoms with van der Waals surface area (Å²) in [4.78, 5) is 6.95. The van der Waals surface area contributed by atoms with E-state index in [1.165, 1.54) is 24.2 Å². The fraction of sp³-hybridized carbons (Fsp3) is 0.235. The van der Waals surface area contributed by atoms with Crippen molar-refractivity contribution in [2.24, 2.45) is 0 Å². The lowest BCUT2D eigenvalue weighted by atomic mass is 10.2. The van der Waals surface area contributed by atoms with Crippen LogP contribution in [0.25, 0.3) is 10.2 Å². The molecule has 0 amide bonds. The number of benzene rings is 2. The SMILES string of the molecule is COc1ccc(F)cc1Nc1nc2cc(N3CCC3)ccc2s1. The lowest BCUT2D eigenvalue weighted by Gasteiger charge is -2.33. The van der Waals surface area contributed by atoms with Crippen molar-refractivity contribution >= 4 is 38.1 Å². The molecule has 1 N–H and O–H groups in total. The zero-order valence-corrected chi connectivity index (χ0v) is 13.5. The van der Waals surface area contributed by atoms with Gasteiger partial charge in [0, 0.05) is 24.8 Å². The molecule has 4 rings (SSSR count). The van der Waals surface area contributed by atoms with E-state index in [0.717, 1.165) is 28.4 Å². The topological polar surface area (TPSA) is 37.4 Å². The summed E-state index contributed by atoms with van der Waals surface area (Å²) >= 11 is 1.54. The zero-order chi connectivity index (χ0) is 15.8. The Bertz CT molecular complexity index is 860. The minimum Gasteiger partial charge on any atom is -0.495 e. The van der Waals surface area contributed by atoms with Crippen LogP contribution in [-0.4, -0.2) is 25.2 Å². The van der Waals surface area contributed by atoms with Crippen LogP contribution >= 0.6 is 11.3 Å². The average Bonchev–Trinajstić information content (AvgIpc) is 2.87. The van der Waals surface area contributed by atoms with Gasteiger partial charge in [-0.05, 0) is 36.8 Å². The first kappa shape index (κ1) is 14.3. The number of fused-ring (bicyclic) bond motifs is 1. The van der Waals surface area contributed by atoms with Gasteiger partial charge >= 0.3 is 0 Å². The minimum atomic E-state index is -0.311. The lowest BCUT2D eigenvalue weighted by Crippen LogP contribution is -2.36. The number of halogens is 1. The van der Waals surface area contributed by atoms with Gasteiger partial charge in [0.05, 0.1) is 23.0 Å². The fourth-order valence-electron chi connectivity index (χ4n) is 2.63. The Morgan fingerprint density at radius 2 is 2.09 bits per heavy atom. The van der Waals surface area contributed by atoms with E-state index < -0.39 is 0 Å². The summed E-state index contributed by atoms with van der Waals surface area (Å²) in [5, 5.41) is 3.89. The lowest BCUT2D eigenvalue weighted by molar-refractivity contribution is 0.416. The summed E-state index contributed by atoms with van der Waals surface area (Å²) in [5.41, 5.74) is 2.75. The molecule has 2 heterocycles. The van der Waals surface area contributed by atoms with Gasteiger partial charge < -0.3 is 15.0 Å². The van der Waals surface area contributed by atoms with Crippen LogP contribution in [-0.2, 0) is 0 Å². The monoisotopic (exact) mass is 329 g/mol. The van der Waals surface area contributed by atoms with E-state index in [2.05, 4.69) is 33.4 Å². The van der Waals surface area contributed by atoms with Gasteiger partial charge in [-0.25, -0.2) is 9.37 Å². The van der Waals surface area contributed by atoms with E-state index in [4.69, 9.17) is 4.74 Å².